The predicted octanol–water partition coefficient (Wildman–Crippen LogP) is 0.499. The molecule has 11 heteroatoms. The highest BCUT2D eigenvalue weighted by Crippen LogP contribution is 2.45. The number of azide groups is 1. The van der Waals surface area contributed by atoms with Crippen LogP contribution in [0, 0.1) is 6.92 Å². The highest BCUT2D eigenvalue weighted by molar-refractivity contribution is 8.01. The molecular formula is C17H23N3O7S. The number of ether oxygens (including phenoxy) is 2. The van der Waals surface area contributed by atoms with Crippen LogP contribution in [0.15, 0.2) is 34.3 Å². The highest BCUT2D eigenvalue weighted by Gasteiger charge is 2.55. The molecule has 0 unspecified atom stereocenters. The van der Waals surface area contributed by atoms with Gasteiger partial charge in [-0.3, -0.25) is 0 Å². The van der Waals surface area contributed by atoms with Crippen molar-refractivity contribution in [2.45, 2.75) is 53.6 Å². The van der Waals surface area contributed by atoms with Crippen LogP contribution < -0.4 is 0 Å². The zero-order valence-corrected chi connectivity index (χ0v) is 16.2. The zero-order chi connectivity index (χ0) is 20.9. The molecule has 1 aromatic rings. The molecule has 10 nitrogen and oxygen atoms in total. The van der Waals surface area contributed by atoms with Crippen molar-refractivity contribution in [3.05, 3.63) is 40.3 Å². The van der Waals surface area contributed by atoms with Crippen LogP contribution >= 0.6 is 11.8 Å². The summed E-state index contributed by atoms with van der Waals surface area (Å²) in [6, 6.07) is 5.90. The Labute approximate surface area is 165 Å². The maximum atomic E-state index is 12.6. The Bertz CT molecular complexity index is 728. The molecule has 1 aliphatic heterocycles. The van der Waals surface area contributed by atoms with Gasteiger partial charge in [0.2, 0.25) is 4.93 Å². The van der Waals surface area contributed by atoms with Crippen LogP contribution in [0.2, 0.25) is 0 Å². The fourth-order valence-electron chi connectivity index (χ4n) is 2.94. The van der Waals surface area contributed by atoms with E-state index in [9.17, 15) is 20.1 Å². The van der Waals surface area contributed by atoms with E-state index in [4.69, 9.17) is 20.1 Å². The molecule has 1 fully saturated rings. The van der Waals surface area contributed by atoms with Crippen LogP contribution in [0.5, 0.6) is 0 Å². The van der Waals surface area contributed by atoms with Crippen molar-refractivity contribution >= 4 is 17.7 Å². The minimum Gasteiger partial charge on any atom is -0.466 e. The summed E-state index contributed by atoms with van der Waals surface area (Å²) in [6.45, 7) is 1.11. The lowest BCUT2D eigenvalue weighted by molar-refractivity contribution is -0.203. The molecule has 1 heterocycles. The Morgan fingerprint density at radius 2 is 2.11 bits per heavy atom. The molecule has 0 amide bonds. The first kappa shape index (κ1) is 22.4. The summed E-state index contributed by atoms with van der Waals surface area (Å²) in [5.74, 6) is -0.813. The first-order chi connectivity index (χ1) is 13.3. The Morgan fingerprint density at radius 1 is 1.46 bits per heavy atom. The number of methoxy groups -OCH3 is 1. The number of carbonyl (C=O) groups is 1. The Morgan fingerprint density at radius 3 is 2.64 bits per heavy atom. The maximum Gasteiger partial charge on any atom is 0.349 e. The highest BCUT2D eigenvalue weighted by atomic mass is 32.2. The monoisotopic (exact) mass is 413 g/mol. The summed E-state index contributed by atoms with van der Waals surface area (Å²) in [7, 11) is 1.16. The standard InChI is InChI=1S/C17H23N3O7S/c1-9-3-5-10(6-4-9)28-17(16(25)26-2)7-11(22)13(19-20-18)15(27-17)14(24)12(23)8-21/h3-6,11-15,21-24H,7-8H2,1-2H3/t11-,12+,13+,14+,15+,17-/m0/s1. The van der Waals surface area contributed by atoms with Crippen molar-refractivity contribution in [1.29, 1.82) is 0 Å². The molecule has 0 bridgehead atoms. The van der Waals surface area contributed by atoms with E-state index in [0.717, 1.165) is 24.4 Å². The third kappa shape index (κ3) is 4.76. The molecule has 28 heavy (non-hydrogen) atoms. The van der Waals surface area contributed by atoms with Gasteiger partial charge in [0.25, 0.3) is 0 Å². The maximum absolute atomic E-state index is 12.6. The molecule has 0 radical (unpaired) electrons. The Hall–Kier alpha value is -1.85. The number of aliphatic hydroxyl groups is 4. The van der Waals surface area contributed by atoms with Gasteiger partial charge in [-0.25, -0.2) is 4.79 Å². The van der Waals surface area contributed by atoms with E-state index >= 15 is 0 Å². The van der Waals surface area contributed by atoms with Crippen molar-refractivity contribution < 1.29 is 34.7 Å². The second-order valence-electron chi connectivity index (χ2n) is 6.45. The molecule has 1 aliphatic rings. The van der Waals surface area contributed by atoms with Crippen LogP contribution in [0.3, 0.4) is 0 Å². The Balaban J connectivity index is 2.45. The molecule has 154 valence electrons. The van der Waals surface area contributed by atoms with E-state index in [1.807, 2.05) is 19.1 Å². The summed E-state index contributed by atoms with van der Waals surface area (Å²) in [6.07, 6.45) is -6.46. The van der Waals surface area contributed by atoms with Crippen molar-refractivity contribution in [1.82, 2.24) is 0 Å². The number of rotatable bonds is 7. The molecule has 1 saturated heterocycles. The first-order valence-electron chi connectivity index (χ1n) is 8.49. The van der Waals surface area contributed by atoms with Crippen LogP contribution in [0.4, 0.5) is 0 Å². The molecule has 6 atom stereocenters. The summed E-state index contributed by atoms with van der Waals surface area (Å²) in [4.78, 5) is 14.1. The first-order valence-corrected chi connectivity index (χ1v) is 9.30. The SMILES string of the molecule is COC(=O)[C@@]1(Sc2ccc(C)cc2)C[C@H](O)[C@@H](N=[N+]=[N-])[C@H]([C@H](O)[C@H](O)CO)O1. The normalized spacial score (nSPS) is 29.4. The smallest absolute Gasteiger partial charge is 0.349 e. The van der Waals surface area contributed by atoms with E-state index in [2.05, 4.69) is 10.0 Å². The van der Waals surface area contributed by atoms with Gasteiger partial charge in [0, 0.05) is 16.2 Å². The third-order valence-corrected chi connectivity index (χ3v) is 5.71. The molecule has 0 spiro atoms. The topological polar surface area (TPSA) is 165 Å². The van der Waals surface area contributed by atoms with Crippen LogP contribution in [0.1, 0.15) is 12.0 Å². The molecule has 0 aromatic heterocycles. The lowest BCUT2D eigenvalue weighted by atomic mass is 9.90. The van der Waals surface area contributed by atoms with Crippen LogP contribution in [0.25, 0.3) is 10.4 Å². The second kappa shape index (κ2) is 9.57. The number of hydrogen-bond donors (Lipinski definition) is 4. The molecular weight excluding hydrogens is 390 g/mol. The van der Waals surface area contributed by atoms with E-state index in [1.54, 1.807) is 12.1 Å². The third-order valence-electron chi connectivity index (χ3n) is 4.44. The van der Waals surface area contributed by atoms with Gasteiger partial charge in [-0.05, 0) is 24.6 Å². The number of thioether (sulfide) groups is 1. The number of nitrogens with zero attached hydrogens (tertiary/aromatic N) is 3. The van der Waals surface area contributed by atoms with Crippen LogP contribution in [-0.4, -0.2) is 75.5 Å². The van der Waals surface area contributed by atoms with Gasteiger partial charge in [0.15, 0.2) is 0 Å². The van der Waals surface area contributed by atoms with Gasteiger partial charge >= 0.3 is 5.97 Å². The number of hydrogen-bond acceptors (Lipinski definition) is 9. The number of aliphatic hydroxyl groups excluding tert-OH is 4. The summed E-state index contributed by atoms with van der Waals surface area (Å²) < 4.78 is 10.7. The van der Waals surface area contributed by atoms with Gasteiger partial charge in [-0.1, -0.05) is 34.6 Å². The molecule has 4 N–H and O–H groups in total. The van der Waals surface area contributed by atoms with Crippen molar-refractivity contribution in [2.24, 2.45) is 5.11 Å². The van der Waals surface area contributed by atoms with Crippen LogP contribution in [-0.2, 0) is 14.3 Å². The fraction of sp³-hybridized carbons (Fsp3) is 0.588. The fourth-order valence-corrected chi connectivity index (χ4v) is 4.18. The van der Waals surface area contributed by atoms with E-state index in [0.29, 0.717) is 4.90 Å². The molecule has 2 rings (SSSR count). The van der Waals surface area contributed by atoms with Gasteiger partial charge in [0.05, 0.1) is 32.0 Å². The van der Waals surface area contributed by atoms with Crippen molar-refractivity contribution in [3.8, 4) is 0 Å². The number of benzene rings is 1. The van der Waals surface area contributed by atoms with Gasteiger partial charge in [-0.15, -0.1) is 0 Å². The summed E-state index contributed by atoms with van der Waals surface area (Å²) >= 11 is 0.971. The van der Waals surface area contributed by atoms with Gasteiger partial charge in [-0.2, -0.15) is 0 Å². The number of esters is 1. The summed E-state index contributed by atoms with van der Waals surface area (Å²) in [5, 5.41) is 43.3. The van der Waals surface area contributed by atoms with Crippen molar-refractivity contribution in [3.63, 3.8) is 0 Å². The minimum absolute atomic E-state index is 0.277. The predicted molar refractivity (Wildman–Crippen MR) is 99.3 cm³/mol. The molecule has 1 aromatic carbocycles. The number of aryl methyl sites for hydroxylation is 1. The average molecular weight is 413 g/mol. The molecule has 0 aliphatic carbocycles. The Kier molecular flexibility index (Phi) is 7.67. The molecule has 0 saturated carbocycles. The minimum atomic E-state index is -1.76. The quantitative estimate of drug-likeness (QED) is 0.217. The van der Waals surface area contributed by atoms with E-state index < -0.39 is 48.0 Å². The van der Waals surface area contributed by atoms with E-state index in [1.165, 1.54) is 0 Å². The number of carbonyl (C=O) groups excluding carboxylic acids is 1. The average Bonchev–Trinajstić information content (AvgIpc) is 2.69. The lowest BCUT2D eigenvalue weighted by Crippen LogP contribution is -2.61. The second-order valence-corrected chi connectivity index (χ2v) is 7.78. The van der Waals surface area contributed by atoms with Gasteiger partial charge in [0.1, 0.15) is 12.2 Å². The van der Waals surface area contributed by atoms with Gasteiger partial charge < -0.3 is 29.9 Å². The van der Waals surface area contributed by atoms with E-state index in [-0.39, 0.29) is 6.42 Å². The lowest BCUT2D eigenvalue weighted by Gasteiger charge is -2.45. The summed E-state index contributed by atoms with van der Waals surface area (Å²) in [5.41, 5.74) is 9.78. The zero-order valence-electron chi connectivity index (χ0n) is 15.4. The largest absolute Gasteiger partial charge is 0.466 e. The van der Waals surface area contributed by atoms with Crippen molar-refractivity contribution in [2.75, 3.05) is 13.7 Å².